The second kappa shape index (κ2) is 6.77. The molecule has 0 unspecified atom stereocenters. The Hall–Kier alpha value is -1.11. The van der Waals surface area contributed by atoms with Crippen LogP contribution in [-0.2, 0) is 0 Å². The van der Waals surface area contributed by atoms with Crippen LogP contribution in [0.15, 0.2) is 16.6 Å². The smallest absolute Gasteiger partial charge is 0.347 e. The van der Waals surface area contributed by atoms with Crippen LogP contribution >= 0.6 is 38.9 Å². The van der Waals surface area contributed by atoms with E-state index in [-0.39, 0.29) is 4.88 Å². The number of carboxylic acid groups (broad SMARTS) is 1. The van der Waals surface area contributed by atoms with Crippen molar-refractivity contribution in [1.82, 2.24) is 4.98 Å². The lowest BCUT2D eigenvalue weighted by molar-refractivity contribution is 0.0701. The molecule has 1 aromatic carbocycles. The number of nitrogens with zero attached hydrogens (tertiary/aromatic N) is 1. The number of benzene rings is 1. The van der Waals surface area contributed by atoms with Crippen molar-refractivity contribution in [3.63, 3.8) is 0 Å². The highest BCUT2D eigenvalue weighted by Gasteiger charge is 2.19. The van der Waals surface area contributed by atoms with E-state index in [0.717, 1.165) is 22.2 Å². The number of aromatic carboxylic acids is 1. The highest BCUT2D eigenvalue weighted by Crippen LogP contribution is 2.41. The third kappa shape index (κ3) is 3.56. The maximum Gasteiger partial charge on any atom is 0.347 e. The molecule has 0 atom stereocenters. The minimum Gasteiger partial charge on any atom is -0.492 e. The number of thiazole rings is 1. The Bertz CT molecular complexity index is 687. The summed E-state index contributed by atoms with van der Waals surface area (Å²) in [5, 5.41) is 10.3. The third-order valence-electron chi connectivity index (χ3n) is 2.68. The van der Waals surface area contributed by atoms with Gasteiger partial charge in [0.25, 0.3) is 0 Å². The average molecular weight is 391 g/mol. The topological polar surface area (TPSA) is 59.4 Å². The second-order valence-electron chi connectivity index (χ2n) is 4.35. The van der Waals surface area contributed by atoms with Crippen LogP contribution in [0, 0.1) is 6.92 Å². The normalized spacial score (nSPS) is 10.7. The molecule has 1 heterocycles. The van der Waals surface area contributed by atoms with Gasteiger partial charge in [0.15, 0.2) is 0 Å². The standard InChI is InChI=1S/C14H13BrClNO3S/c1-3-4-20-11-9(5-8(16)6-10(11)15)13-17-7(2)12(21-13)14(18)19/h5-6H,3-4H2,1-2H3,(H,18,19). The molecule has 0 aliphatic carbocycles. The molecule has 0 aliphatic heterocycles. The number of carboxylic acids is 1. The van der Waals surface area contributed by atoms with E-state index in [1.54, 1.807) is 19.1 Å². The lowest BCUT2D eigenvalue weighted by Crippen LogP contribution is -1.98. The summed E-state index contributed by atoms with van der Waals surface area (Å²) >= 11 is 10.6. The first-order chi connectivity index (χ1) is 9.93. The average Bonchev–Trinajstić information content (AvgIpc) is 2.79. The first-order valence-corrected chi connectivity index (χ1v) is 8.25. The van der Waals surface area contributed by atoms with Crippen molar-refractivity contribution in [3.8, 4) is 16.3 Å². The van der Waals surface area contributed by atoms with Gasteiger partial charge in [-0.2, -0.15) is 0 Å². The highest BCUT2D eigenvalue weighted by molar-refractivity contribution is 9.10. The number of ether oxygens (including phenoxy) is 1. The number of aromatic nitrogens is 1. The van der Waals surface area contributed by atoms with Crippen molar-refractivity contribution in [1.29, 1.82) is 0 Å². The summed E-state index contributed by atoms with van der Waals surface area (Å²) in [6.45, 7) is 4.25. The number of hydrogen-bond acceptors (Lipinski definition) is 4. The van der Waals surface area contributed by atoms with E-state index < -0.39 is 5.97 Å². The van der Waals surface area contributed by atoms with Crippen molar-refractivity contribution in [2.24, 2.45) is 0 Å². The predicted molar refractivity (Wildman–Crippen MR) is 87.7 cm³/mol. The number of aryl methyl sites for hydroxylation is 1. The van der Waals surface area contributed by atoms with E-state index in [0.29, 0.717) is 33.6 Å². The van der Waals surface area contributed by atoms with Gasteiger partial charge < -0.3 is 9.84 Å². The number of carbonyl (C=O) groups is 1. The van der Waals surface area contributed by atoms with Crippen LogP contribution in [0.4, 0.5) is 0 Å². The summed E-state index contributed by atoms with van der Waals surface area (Å²) in [5.74, 6) is -0.347. The van der Waals surface area contributed by atoms with Gasteiger partial charge >= 0.3 is 5.97 Å². The van der Waals surface area contributed by atoms with Gasteiger partial charge in [-0.15, -0.1) is 11.3 Å². The van der Waals surface area contributed by atoms with E-state index in [2.05, 4.69) is 20.9 Å². The Labute approximate surface area is 139 Å². The van der Waals surface area contributed by atoms with Crippen LogP contribution in [0.25, 0.3) is 10.6 Å². The van der Waals surface area contributed by atoms with E-state index in [4.69, 9.17) is 21.4 Å². The van der Waals surface area contributed by atoms with Crippen molar-refractivity contribution >= 4 is 44.8 Å². The molecule has 112 valence electrons. The van der Waals surface area contributed by atoms with Gasteiger partial charge in [0.05, 0.1) is 22.3 Å². The molecule has 0 spiro atoms. The molecule has 0 radical (unpaired) electrons. The summed E-state index contributed by atoms with van der Waals surface area (Å²) in [7, 11) is 0. The summed E-state index contributed by atoms with van der Waals surface area (Å²) in [4.78, 5) is 15.7. The molecule has 2 rings (SSSR count). The van der Waals surface area contributed by atoms with Crippen molar-refractivity contribution in [2.75, 3.05) is 6.61 Å². The predicted octanol–water partition coefficient (Wildman–Crippen LogP) is 5.02. The molecule has 0 saturated carbocycles. The minimum atomic E-state index is -0.978. The summed E-state index contributed by atoms with van der Waals surface area (Å²) in [6, 6.07) is 3.48. The molecule has 2 aromatic rings. The quantitative estimate of drug-likeness (QED) is 0.778. The van der Waals surface area contributed by atoms with Crippen molar-refractivity contribution in [3.05, 3.63) is 32.2 Å². The van der Waals surface area contributed by atoms with E-state index in [1.807, 2.05) is 6.92 Å². The minimum absolute atomic E-state index is 0.225. The number of hydrogen-bond donors (Lipinski definition) is 1. The van der Waals surface area contributed by atoms with Gasteiger partial charge in [-0.3, -0.25) is 0 Å². The van der Waals surface area contributed by atoms with Gasteiger partial charge in [-0.25, -0.2) is 9.78 Å². The second-order valence-corrected chi connectivity index (χ2v) is 6.64. The fourth-order valence-electron chi connectivity index (χ4n) is 1.78. The monoisotopic (exact) mass is 389 g/mol. The lowest BCUT2D eigenvalue weighted by atomic mass is 10.2. The van der Waals surface area contributed by atoms with Gasteiger partial charge in [0.1, 0.15) is 15.6 Å². The summed E-state index contributed by atoms with van der Waals surface area (Å²) in [5.41, 5.74) is 1.18. The van der Waals surface area contributed by atoms with Crippen LogP contribution in [0.2, 0.25) is 5.02 Å². The Balaban J connectivity index is 2.56. The fourth-order valence-corrected chi connectivity index (χ4v) is 3.62. The molecule has 4 nitrogen and oxygen atoms in total. The van der Waals surface area contributed by atoms with Crippen LogP contribution in [0.1, 0.15) is 28.7 Å². The van der Waals surface area contributed by atoms with E-state index in [1.165, 1.54) is 0 Å². The molecule has 0 fully saturated rings. The molecular weight excluding hydrogens is 378 g/mol. The Morgan fingerprint density at radius 3 is 2.81 bits per heavy atom. The maximum absolute atomic E-state index is 11.2. The van der Waals surface area contributed by atoms with Gasteiger partial charge in [-0.05, 0) is 41.4 Å². The maximum atomic E-state index is 11.2. The molecule has 0 aliphatic rings. The zero-order valence-corrected chi connectivity index (χ0v) is 14.6. The summed E-state index contributed by atoms with van der Waals surface area (Å²) in [6.07, 6.45) is 0.867. The zero-order chi connectivity index (χ0) is 15.6. The lowest BCUT2D eigenvalue weighted by Gasteiger charge is -2.12. The Morgan fingerprint density at radius 2 is 2.24 bits per heavy atom. The first-order valence-electron chi connectivity index (χ1n) is 6.27. The summed E-state index contributed by atoms with van der Waals surface area (Å²) < 4.78 is 6.47. The zero-order valence-electron chi connectivity index (χ0n) is 11.4. The highest BCUT2D eigenvalue weighted by atomic mass is 79.9. The first kappa shape index (κ1) is 16.3. The molecule has 1 N–H and O–H groups in total. The van der Waals surface area contributed by atoms with E-state index >= 15 is 0 Å². The molecular formula is C14H13BrClNO3S. The largest absolute Gasteiger partial charge is 0.492 e. The van der Waals surface area contributed by atoms with Gasteiger partial charge in [0.2, 0.25) is 0 Å². The van der Waals surface area contributed by atoms with Crippen LogP contribution in [0.5, 0.6) is 5.75 Å². The Morgan fingerprint density at radius 1 is 1.52 bits per heavy atom. The van der Waals surface area contributed by atoms with Crippen molar-refractivity contribution in [2.45, 2.75) is 20.3 Å². The van der Waals surface area contributed by atoms with Crippen LogP contribution in [0.3, 0.4) is 0 Å². The van der Waals surface area contributed by atoms with Gasteiger partial charge in [-0.1, -0.05) is 18.5 Å². The molecule has 0 amide bonds. The van der Waals surface area contributed by atoms with Crippen LogP contribution in [-0.4, -0.2) is 22.7 Å². The van der Waals surface area contributed by atoms with E-state index in [9.17, 15) is 4.79 Å². The molecule has 7 heteroatoms. The number of halogens is 2. The van der Waals surface area contributed by atoms with Gasteiger partial charge in [0, 0.05) is 5.02 Å². The molecule has 21 heavy (non-hydrogen) atoms. The molecule has 0 bridgehead atoms. The fraction of sp³-hybridized carbons (Fsp3) is 0.286. The van der Waals surface area contributed by atoms with Crippen LogP contribution < -0.4 is 4.74 Å². The number of rotatable bonds is 5. The molecule has 1 aromatic heterocycles. The van der Waals surface area contributed by atoms with Crippen molar-refractivity contribution < 1.29 is 14.6 Å². The Kier molecular flexibility index (Phi) is 5.24. The SMILES string of the molecule is CCCOc1c(Br)cc(Cl)cc1-c1nc(C)c(C(=O)O)s1. The third-order valence-corrected chi connectivity index (χ3v) is 4.67. The molecule has 0 saturated heterocycles.